The molecule has 4 N–H and O–H groups in total. The SMILES string of the molecule is CC1=NCNC(C(C)=NC(C)(C)C)=C(N)OCC[C@@H](C)N1. The fourth-order valence-corrected chi connectivity index (χ4v) is 2.08. The first-order chi connectivity index (χ1) is 9.69. The zero-order valence-electron chi connectivity index (χ0n) is 14.1. The van der Waals surface area contributed by atoms with Gasteiger partial charge in [-0.05, 0) is 41.5 Å². The summed E-state index contributed by atoms with van der Waals surface area (Å²) in [6.45, 7) is 13.1. The summed E-state index contributed by atoms with van der Waals surface area (Å²) in [7, 11) is 0. The van der Waals surface area contributed by atoms with Crippen molar-refractivity contribution in [2.45, 2.75) is 59.5 Å². The van der Waals surface area contributed by atoms with Crippen LogP contribution < -0.4 is 16.4 Å². The van der Waals surface area contributed by atoms with Crippen molar-refractivity contribution in [1.82, 2.24) is 10.6 Å². The van der Waals surface area contributed by atoms with Crippen LogP contribution in [-0.2, 0) is 4.74 Å². The number of amidine groups is 1. The molecule has 0 saturated carbocycles. The zero-order valence-corrected chi connectivity index (χ0v) is 14.1. The molecule has 0 fully saturated rings. The van der Waals surface area contributed by atoms with Crippen LogP contribution in [0.15, 0.2) is 21.6 Å². The second kappa shape index (κ2) is 7.33. The Morgan fingerprint density at radius 1 is 1.43 bits per heavy atom. The number of nitrogens with one attached hydrogen (secondary N) is 2. The lowest BCUT2D eigenvalue weighted by atomic mass is 10.1. The van der Waals surface area contributed by atoms with Crippen molar-refractivity contribution in [2.24, 2.45) is 15.7 Å². The molecule has 0 saturated heterocycles. The second-order valence-electron chi connectivity index (χ2n) is 6.37. The van der Waals surface area contributed by atoms with Gasteiger partial charge in [0.25, 0.3) is 0 Å². The van der Waals surface area contributed by atoms with E-state index in [0.29, 0.717) is 25.2 Å². The fourth-order valence-electron chi connectivity index (χ4n) is 2.08. The Hall–Kier alpha value is -1.72. The average molecular weight is 295 g/mol. The van der Waals surface area contributed by atoms with Crippen molar-refractivity contribution in [1.29, 1.82) is 0 Å². The topological polar surface area (TPSA) is 84.0 Å². The van der Waals surface area contributed by atoms with Crippen LogP contribution in [0, 0.1) is 0 Å². The highest BCUT2D eigenvalue weighted by atomic mass is 16.5. The predicted molar refractivity (Wildman–Crippen MR) is 88.4 cm³/mol. The van der Waals surface area contributed by atoms with E-state index in [1.54, 1.807) is 0 Å². The summed E-state index contributed by atoms with van der Waals surface area (Å²) in [6.07, 6.45) is 0.857. The highest BCUT2D eigenvalue weighted by molar-refractivity contribution is 5.98. The monoisotopic (exact) mass is 295 g/mol. The number of hydrogen-bond donors (Lipinski definition) is 3. The molecule has 0 spiro atoms. The molecule has 0 bridgehead atoms. The van der Waals surface area contributed by atoms with Crippen LogP contribution in [0.25, 0.3) is 0 Å². The minimum atomic E-state index is -0.166. The molecule has 1 heterocycles. The van der Waals surface area contributed by atoms with Gasteiger partial charge in [-0.3, -0.25) is 9.98 Å². The molecule has 6 nitrogen and oxygen atoms in total. The molecule has 0 aromatic heterocycles. The molecule has 0 aromatic carbocycles. The first-order valence-electron chi connectivity index (χ1n) is 7.40. The largest absolute Gasteiger partial charge is 0.478 e. The van der Waals surface area contributed by atoms with Gasteiger partial charge >= 0.3 is 0 Å². The van der Waals surface area contributed by atoms with Gasteiger partial charge in [-0.25, -0.2) is 0 Å². The molecule has 1 atom stereocenters. The summed E-state index contributed by atoms with van der Waals surface area (Å²) in [5.41, 5.74) is 7.44. The van der Waals surface area contributed by atoms with Crippen LogP contribution in [-0.4, -0.2) is 36.4 Å². The summed E-state index contributed by atoms with van der Waals surface area (Å²) in [5, 5.41) is 6.52. The standard InChI is InChI=1S/C15H29N5O/c1-10-7-8-21-14(16)13(11(2)20-15(4,5)6)18-9-17-12(3)19-10/h10,18H,7-9,16H2,1-6H3,(H,17,19)/t10-/m1/s1. The van der Waals surface area contributed by atoms with E-state index in [1.807, 2.05) is 34.6 Å². The van der Waals surface area contributed by atoms with Crippen LogP contribution in [0.4, 0.5) is 0 Å². The van der Waals surface area contributed by atoms with Gasteiger partial charge in [-0.2, -0.15) is 0 Å². The molecule has 6 heteroatoms. The van der Waals surface area contributed by atoms with Gasteiger partial charge in [0.15, 0.2) is 0 Å². The normalized spacial score (nSPS) is 22.5. The molecule has 0 aliphatic carbocycles. The lowest BCUT2D eigenvalue weighted by Crippen LogP contribution is -2.32. The van der Waals surface area contributed by atoms with E-state index in [9.17, 15) is 0 Å². The third-order valence-corrected chi connectivity index (χ3v) is 2.95. The van der Waals surface area contributed by atoms with E-state index >= 15 is 0 Å². The number of rotatable bonds is 1. The number of aliphatic imine (C=N–C) groups is 2. The molecule has 1 aliphatic heterocycles. The average Bonchev–Trinajstić information content (AvgIpc) is 2.33. The molecule has 1 rings (SSSR count). The fraction of sp³-hybridized carbons (Fsp3) is 0.733. The number of nitrogens with zero attached hydrogens (tertiary/aromatic N) is 2. The number of allylic oxidation sites excluding steroid dienone is 1. The van der Waals surface area contributed by atoms with Gasteiger partial charge in [0, 0.05) is 12.5 Å². The third kappa shape index (κ3) is 6.51. The highest BCUT2D eigenvalue weighted by Gasteiger charge is 2.14. The Kier molecular flexibility index (Phi) is 6.05. The molecule has 0 aromatic rings. The van der Waals surface area contributed by atoms with Crippen molar-refractivity contribution < 1.29 is 4.74 Å². The van der Waals surface area contributed by atoms with Crippen LogP contribution in [0.3, 0.4) is 0 Å². The minimum absolute atomic E-state index is 0.166. The first kappa shape index (κ1) is 17.3. The molecule has 1 aliphatic rings. The van der Waals surface area contributed by atoms with Crippen molar-refractivity contribution in [3.8, 4) is 0 Å². The predicted octanol–water partition coefficient (Wildman–Crippen LogP) is 1.74. The summed E-state index contributed by atoms with van der Waals surface area (Å²) < 4.78 is 5.65. The first-order valence-corrected chi connectivity index (χ1v) is 7.40. The van der Waals surface area contributed by atoms with Gasteiger partial charge in [-0.1, -0.05) is 0 Å². The maximum absolute atomic E-state index is 6.06. The molecule has 120 valence electrons. The van der Waals surface area contributed by atoms with Crippen LogP contribution >= 0.6 is 0 Å². The van der Waals surface area contributed by atoms with E-state index < -0.39 is 0 Å². The number of hydrogen-bond acceptors (Lipinski definition) is 6. The van der Waals surface area contributed by atoms with Crippen LogP contribution in [0.1, 0.15) is 48.0 Å². The maximum atomic E-state index is 6.06. The quantitative estimate of drug-likeness (QED) is 0.643. The summed E-state index contributed by atoms with van der Waals surface area (Å²) >= 11 is 0. The Balaban J connectivity index is 3.00. The van der Waals surface area contributed by atoms with Crippen molar-refractivity contribution >= 4 is 11.5 Å². The number of nitrogens with two attached hydrogens (primary N) is 1. The second-order valence-corrected chi connectivity index (χ2v) is 6.37. The molecule has 0 amide bonds. The summed E-state index contributed by atoms with van der Waals surface area (Å²) in [5.74, 6) is 1.28. The van der Waals surface area contributed by atoms with Gasteiger partial charge in [-0.15, -0.1) is 0 Å². The summed E-state index contributed by atoms with van der Waals surface area (Å²) in [6, 6.07) is 0.299. The Bertz CT molecular complexity index is 445. The molecular formula is C15H29N5O. The van der Waals surface area contributed by atoms with Crippen molar-refractivity contribution in [3.63, 3.8) is 0 Å². The van der Waals surface area contributed by atoms with E-state index in [-0.39, 0.29) is 5.54 Å². The van der Waals surface area contributed by atoms with E-state index in [1.165, 1.54) is 0 Å². The van der Waals surface area contributed by atoms with E-state index in [4.69, 9.17) is 10.5 Å². The van der Waals surface area contributed by atoms with Crippen molar-refractivity contribution in [3.05, 3.63) is 11.6 Å². The number of ether oxygens (including phenoxy) is 1. The minimum Gasteiger partial charge on any atom is -0.478 e. The molecule has 0 unspecified atom stereocenters. The lowest BCUT2D eigenvalue weighted by Gasteiger charge is -2.18. The van der Waals surface area contributed by atoms with Gasteiger partial charge in [0.05, 0.1) is 23.7 Å². The maximum Gasteiger partial charge on any atom is 0.210 e. The Morgan fingerprint density at radius 3 is 2.71 bits per heavy atom. The molecule has 21 heavy (non-hydrogen) atoms. The van der Waals surface area contributed by atoms with Crippen molar-refractivity contribution in [2.75, 3.05) is 13.3 Å². The van der Waals surface area contributed by atoms with E-state index in [0.717, 1.165) is 23.7 Å². The van der Waals surface area contributed by atoms with Crippen LogP contribution in [0.2, 0.25) is 0 Å². The lowest BCUT2D eigenvalue weighted by molar-refractivity contribution is 0.194. The van der Waals surface area contributed by atoms with Gasteiger partial charge in [0.1, 0.15) is 12.4 Å². The summed E-state index contributed by atoms with van der Waals surface area (Å²) in [4.78, 5) is 9.07. The van der Waals surface area contributed by atoms with Gasteiger partial charge < -0.3 is 21.1 Å². The molecular weight excluding hydrogens is 266 g/mol. The smallest absolute Gasteiger partial charge is 0.210 e. The highest BCUT2D eigenvalue weighted by Crippen LogP contribution is 2.11. The Labute approximate surface area is 127 Å². The molecule has 0 radical (unpaired) electrons. The van der Waals surface area contributed by atoms with E-state index in [2.05, 4.69) is 27.5 Å². The van der Waals surface area contributed by atoms with Crippen LogP contribution in [0.5, 0.6) is 0 Å². The third-order valence-electron chi connectivity index (χ3n) is 2.95. The van der Waals surface area contributed by atoms with Gasteiger partial charge in [0.2, 0.25) is 5.88 Å². The zero-order chi connectivity index (χ0) is 16.0. The Morgan fingerprint density at radius 2 is 2.10 bits per heavy atom.